The fourth-order valence-corrected chi connectivity index (χ4v) is 2.32. The molecule has 0 spiro atoms. The van der Waals surface area contributed by atoms with Crippen molar-refractivity contribution in [2.45, 2.75) is 32.1 Å². The van der Waals surface area contributed by atoms with E-state index in [2.05, 4.69) is 4.90 Å². The topological polar surface area (TPSA) is 72.4 Å². The van der Waals surface area contributed by atoms with E-state index in [1.165, 1.54) is 0 Å². The summed E-state index contributed by atoms with van der Waals surface area (Å²) in [5.74, 6) is 0.316. The molecular weight excluding hydrogens is 222 g/mol. The molecule has 1 aliphatic rings. The van der Waals surface area contributed by atoms with Crippen LogP contribution in [0, 0.1) is 5.92 Å². The van der Waals surface area contributed by atoms with Crippen LogP contribution in [0.4, 0.5) is 0 Å². The van der Waals surface area contributed by atoms with Crippen LogP contribution >= 0.6 is 12.2 Å². The Bertz CT molecular complexity index is 250. The van der Waals surface area contributed by atoms with Crippen molar-refractivity contribution in [3.63, 3.8) is 0 Å². The van der Waals surface area contributed by atoms with Gasteiger partial charge in [0.25, 0.3) is 0 Å². The third-order valence-corrected chi connectivity index (χ3v) is 3.30. The van der Waals surface area contributed by atoms with Crippen molar-refractivity contribution >= 4 is 23.1 Å². The molecule has 0 aromatic carbocycles. The number of carbonyl (C=O) groups excluding carboxylic acids is 1. The Labute approximate surface area is 102 Å². The molecule has 0 aliphatic carbocycles. The molecule has 0 bridgehead atoms. The second kappa shape index (κ2) is 6.81. The average Bonchev–Trinajstić information content (AvgIpc) is 2.19. The number of hydrogen-bond acceptors (Lipinski definition) is 3. The molecule has 0 atom stereocenters. The van der Waals surface area contributed by atoms with Crippen LogP contribution in [0.1, 0.15) is 32.1 Å². The van der Waals surface area contributed by atoms with E-state index < -0.39 is 0 Å². The monoisotopic (exact) mass is 243 g/mol. The van der Waals surface area contributed by atoms with Crippen molar-refractivity contribution in [1.82, 2.24) is 4.90 Å². The summed E-state index contributed by atoms with van der Waals surface area (Å²) >= 11 is 4.84. The molecule has 0 saturated carbocycles. The van der Waals surface area contributed by atoms with Crippen molar-refractivity contribution in [2.75, 3.05) is 19.6 Å². The number of likely N-dealkylation sites (tertiary alicyclic amines) is 1. The molecule has 1 heterocycles. The minimum Gasteiger partial charge on any atom is -0.393 e. The van der Waals surface area contributed by atoms with Crippen molar-refractivity contribution in [2.24, 2.45) is 17.4 Å². The molecule has 0 aromatic rings. The number of carbonyl (C=O) groups is 1. The van der Waals surface area contributed by atoms with Gasteiger partial charge in [-0.3, -0.25) is 4.79 Å². The number of primary amides is 1. The zero-order chi connectivity index (χ0) is 12.0. The number of nitrogens with zero attached hydrogens (tertiary/aromatic N) is 1. The van der Waals surface area contributed by atoms with E-state index in [1.54, 1.807) is 0 Å². The van der Waals surface area contributed by atoms with E-state index in [4.69, 9.17) is 23.7 Å². The molecule has 92 valence electrons. The summed E-state index contributed by atoms with van der Waals surface area (Å²) < 4.78 is 0. The Hall–Kier alpha value is -0.680. The van der Waals surface area contributed by atoms with E-state index in [9.17, 15) is 4.79 Å². The maximum Gasteiger partial charge on any atom is 0.217 e. The first-order chi connectivity index (χ1) is 7.58. The third kappa shape index (κ3) is 5.42. The largest absolute Gasteiger partial charge is 0.393 e. The molecule has 16 heavy (non-hydrogen) atoms. The number of hydrogen-bond donors (Lipinski definition) is 2. The summed E-state index contributed by atoms with van der Waals surface area (Å²) in [5, 5.41) is 0. The average molecular weight is 243 g/mol. The van der Waals surface area contributed by atoms with Gasteiger partial charge in [0, 0.05) is 6.42 Å². The summed E-state index contributed by atoms with van der Waals surface area (Å²) in [5.41, 5.74) is 10.6. The summed E-state index contributed by atoms with van der Waals surface area (Å²) in [6.07, 6.45) is 4.57. The van der Waals surface area contributed by atoms with Crippen molar-refractivity contribution in [3.05, 3.63) is 0 Å². The summed E-state index contributed by atoms with van der Waals surface area (Å²) in [6, 6.07) is 0. The number of rotatable bonds is 6. The van der Waals surface area contributed by atoms with Crippen molar-refractivity contribution < 1.29 is 4.79 Å². The number of amides is 1. The highest BCUT2D eigenvalue weighted by Gasteiger charge is 2.19. The minimum atomic E-state index is -0.174. The van der Waals surface area contributed by atoms with Crippen LogP contribution in [0.5, 0.6) is 0 Å². The molecule has 4 nitrogen and oxygen atoms in total. The Kier molecular flexibility index (Phi) is 5.69. The number of nitrogens with two attached hydrogens (primary N) is 2. The van der Waals surface area contributed by atoms with Gasteiger partial charge in [-0.05, 0) is 51.2 Å². The second-order valence-corrected chi connectivity index (χ2v) is 5.05. The molecule has 1 amide bonds. The summed E-state index contributed by atoms with van der Waals surface area (Å²) in [7, 11) is 0. The van der Waals surface area contributed by atoms with Gasteiger partial charge in [0.1, 0.15) is 0 Å². The smallest absolute Gasteiger partial charge is 0.217 e. The standard InChI is InChI=1S/C11H21N3OS/c12-10(15)8-9-3-6-14(7-4-9)5-1-2-11(13)16/h9H,1-8H2,(H2,12,15)(H2,13,16). The predicted molar refractivity (Wildman–Crippen MR) is 69.0 cm³/mol. The van der Waals surface area contributed by atoms with Crippen LogP contribution in [0.15, 0.2) is 0 Å². The van der Waals surface area contributed by atoms with E-state index in [-0.39, 0.29) is 5.91 Å². The Morgan fingerprint density at radius 1 is 1.31 bits per heavy atom. The normalized spacial score (nSPS) is 18.5. The SMILES string of the molecule is NC(=O)CC1CCN(CCCC(N)=S)CC1. The van der Waals surface area contributed by atoms with Crippen LogP contribution < -0.4 is 11.5 Å². The molecule has 5 heteroatoms. The lowest BCUT2D eigenvalue weighted by atomic mass is 9.93. The summed E-state index contributed by atoms with van der Waals surface area (Å²) in [4.78, 5) is 13.8. The van der Waals surface area contributed by atoms with Crippen LogP contribution in [-0.4, -0.2) is 35.4 Å². The quantitative estimate of drug-likeness (QED) is 0.672. The van der Waals surface area contributed by atoms with E-state index in [1.807, 2.05) is 0 Å². The van der Waals surface area contributed by atoms with E-state index in [0.717, 1.165) is 45.3 Å². The van der Waals surface area contributed by atoms with Gasteiger partial charge in [-0.15, -0.1) is 0 Å². The van der Waals surface area contributed by atoms with Gasteiger partial charge in [-0.2, -0.15) is 0 Å². The van der Waals surface area contributed by atoms with Gasteiger partial charge in [0.2, 0.25) is 5.91 Å². The zero-order valence-corrected chi connectivity index (χ0v) is 10.5. The molecule has 1 fully saturated rings. The molecular formula is C11H21N3OS. The Morgan fingerprint density at radius 3 is 2.44 bits per heavy atom. The molecule has 0 aromatic heterocycles. The second-order valence-electron chi connectivity index (χ2n) is 4.53. The van der Waals surface area contributed by atoms with Crippen LogP contribution in [0.25, 0.3) is 0 Å². The number of thiocarbonyl (C=S) groups is 1. The fourth-order valence-electron chi connectivity index (χ4n) is 2.18. The van der Waals surface area contributed by atoms with Gasteiger partial charge >= 0.3 is 0 Å². The first kappa shape index (κ1) is 13.4. The van der Waals surface area contributed by atoms with Gasteiger partial charge in [-0.1, -0.05) is 12.2 Å². The Balaban J connectivity index is 2.12. The lowest BCUT2D eigenvalue weighted by Gasteiger charge is -2.31. The van der Waals surface area contributed by atoms with Crippen LogP contribution in [-0.2, 0) is 4.79 Å². The lowest BCUT2D eigenvalue weighted by Crippen LogP contribution is -2.35. The highest BCUT2D eigenvalue weighted by atomic mass is 32.1. The lowest BCUT2D eigenvalue weighted by molar-refractivity contribution is -0.119. The third-order valence-electron chi connectivity index (χ3n) is 3.09. The fraction of sp³-hybridized carbons (Fsp3) is 0.818. The molecule has 0 unspecified atom stereocenters. The summed E-state index contributed by atoms with van der Waals surface area (Å²) in [6.45, 7) is 3.19. The first-order valence-corrected chi connectivity index (χ1v) is 6.27. The molecule has 0 radical (unpaired) electrons. The van der Waals surface area contributed by atoms with Gasteiger partial charge < -0.3 is 16.4 Å². The Morgan fingerprint density at radius 2 is 1.94 bits per heavy atom. The van der Waals surface area contributed by atoms with Gasteiger partial charge in [-0.25, -0.2) is 0 Å². The molecule has 1 rings (SSSR count). The van der Waals surface area contributed by atoms with Crippen LogP contribution in [0.3, 0.4) is 0 Å². The maximum absolute atomic E-state index is 10.8. The predicted octanol–water partition coefficient (Wildman–Crippen LogP) is 0.640. The van der Waals surface area contributed by atoms with E-state index >= 15 is 0 Å². The number of piperidine rings is 1. The molecule has 4 N–H and O–H groups in total. The van der Waals surface area contributed by atoms with Gasteiger partial charge in [0.05, 0.1) is 4.99 Å². The van der Waals surface area contributed by atoms with Crippen molar-refractivity contribution in [1.29, 1.82) is 0 Å². The van der Waals surface area contributed by atoms with E-state index in [0.29, 0.717) is 17.3 Å². The molecule has 1 saturated heterocycles. The maximum atomic E-state index is 10.8. The van der Waals surface area contributed by atoms with Crippen molar-refractivity contribution in [3.8, 4) is 0 Å². The van der Waals surface area contributed by atoms with Gasteiger partial charge in [0.15, 0.2) is 0 Å². The molecule has 1 aliphatic heterocycles. The highest BCUT2D eigenvalue weighted by Crippen LogP contribution is 2.20. The highest BCUT2D eigenvalue weighted by molar-refractivity contribution is 7.80. The first-order valence-electron chi connectivity index (χ1n) is 5.87. The zero-order valence-electron chi connectivity index (χ0n) is 9.65. The minimum absolute atomic E-state index is 0.174. The van der Waals surface area contributed by atoms with Crippen LogP contribution in [0.2, 0.25) is 0 Å².